The van der Waals surface area contributed by atoms with Gasteiger partial charge < -0.3 is 5.32 Å². The molecular formula is C19H22N2. The minimum atomic E-state index is 0.458. The zero-order valence-corrected chi connectivity index (χ0v) is 12.5. The van der Waals surface area contributed by atoms with Crippen LogP contribution in [0.4, 0.5) is 0 Å². The topological polar surface area (TPSA) is 15.3 Å². The molecule has 0 spiro atoms. The maximum absolute atomic E-state index is 3.33. The van der Waals surface area contributed by atoms with Crippen LogP contribution in [-0.2, 0) is 0 Å². The summed E-state index contributed by atoms with van der Waals surface area (Å²) >= 11 is 0. The van der Waals surface area contributed by atoms with Crippen molar-refractivity contribution in [3.05, 3.63) is 59.7 Å². The fourth-order valence-electron chi connectivity index (χ4n) is 4.07. The summed E-state index contributed by atoms with van der Waals surface area (Å²) in [4.78, 5) is 2.67. The van der Waals surface area contributed by atoms with Crippen LogP contribution in [0, 0.1) is 5.92 Å². The molecule has 21 heavy (non-hydrogen) atoms. The minimum absolute atomic E-state index is 0.458. The molecule has 0 bridgehead atoms. The SMILES string of the molecule is CNCC1CCN(C2c3ccccc3-c3ccccc32)C1. The first kappa shape index (κ1) is 13.1. The van der Waals surface area contributed by atoms with Crippen LogP contribution in [0.5, 0.6) is 0 Å². The summed E-state index contributed by atoms with van der Waals surface area (Å²) in [5.74, 6) is 0.787. The van der Waals surface area contributed by atoms with Gasteiger partial charge in [-0.1, -0.05) is 48.5 Å². The predicted octanol–water partition coefficient (Wildman–Crippen LogP) is 3.30. The van der Waals surface area contributed by atoms with E-state index in [9.17, 15) is 0 Å². The summed E-state index contributed by atoms with van der Waals surface area (Å²) in [5.41, 5.74) is 5.83. The second-order valence-electron chi connectivity index (χ2n) is 6.28. The maximum Gasteiger partial charge on any atom is 0.0614 e. The lowest BCUT2D eigenvalue weighted by Crippen LogP contribution is -2.28. The Morgan fingerprint density at radius 3 is 2.24 bits per heavy atom. The first-order valence-electron chi connectivity index (χ1n) is 7.95. The van der Waals surface area contributed by atoms with Crippen molar-refractivity contribution < 1.29 is 0 Å². The third-order valence-electron chi connectivity index (χ3n) is 4.98. The smallest absolute Gasteiger partial charge is 0.0614 e. The zero-order chi connectivity index (χ0) is 14.2. The van der Waals surface area contributed by atoms with E-state index in [1.54, 1.807) is 0 Å². The number of hydrogen-bond donors (Lipinski definition) is 1. The number of rotatable bonds is 3. The molecule has 1 unspecified atom stereocenters. The molecule has 2 aromatic carbocycles. The number of benzene rings is 2. The van der Waals surface area contributed by atoms with E-state index in [0.29, 0.717) is 6.04 Å². The molecule has 0 saturated carbocycles. The Balaban J connectivity index is 1.72. The molecule has 1 aliphatic heterocycles. The summed E-state index contributed by atoms with van der Waals surface area (Å²) in [7, 11) is 2.06. The fraction of sp³-hybridized carbons (Fsp3) is 0.368. The van der Waals surface area contributed by atoms with Crippen LogP contribution in [-0.4, -0.2) is 31.6 Å². The molecule has 2 aliphatic rings. The predicted molar refractivity (Wildman–Crippen MR) is 87.3 cm³/mol. The van der Waals surface area contributed by atoms with Gasteiger partial charge in [0.15, 0.2) is 0 Å². The minimum Gasteiger partial charge on any atom is -0.319 e. The van der Waals surface area contributed by atoms with E-state index in [4.69, 9.17) is 0 Å². The molecular weight excluding hydrogens is 256 g/mol. The van der Waals surface area contributed by atoms with Crippen LogP contribution in [0.2, 0.25) is 0 Å². The van der Waals surface area contributed by atoms with Crippen LogP contribution < -0.4 is 5.32 Å². The van der Waals surface area contributed by atoms with E-state index in [-0.39, 0.29) is 0 Å². The molecule has 2 aromatic rings. The average Bonchev–Trinajstić information content (AvgIpc) is 3.10. The van der Waals surface area contributed by atoms with Crippen LogP contribution in [0.3, 0.4) is 0 Å². The maximum atomic E-state index is 3.33. The van der Waals surface area contributed by atoms with Crippen molar-refractivity contribution in [1.29, 1.82) is 0 Å². The molecule has 1 fully saturated rings. The van der Waals surface area contributed by atoms with Gasteiger partial charge >= 0.3 is 0 Å². The lowest BCUT2D eigenvalue weighted by atomic mass is 10.0. The van der Waals surface area contributed by atoms with E-state index in [0.717, 1.165) is 12.5 Å². The Bertz CT molecular complexity index is 604. The Morgan fingerprint density at radius 1 is 1.00 bits per heavy atom. The number of nitrogens with one attached hydrogen (secondary N) is 1. The van der Waals surface area contributed by atoms with Crippen molar-refractivity contribution in [1.82, 2.24) is 10.2 Å². The summed E-state index contributed by atoms with van der Waals surface area (Å²) in [6.45, 7) is 3.54. The van der Waals surface area contributed by atoms with Gasteiger partial charge in [-0.15, -0.1) is 0 Å². The molecule has 2 nitrogen and oxygen atoms in total. The van der Waals surface area contributed by atoms with E-state index in [1.165, 1.54) is 41.8 Å². The first-order valence-corrected chi connectivity index (χ1v) is 7.95. The highest BCUT2D eigenvalue weighted by Gasteiger charge is 2.35. The first-order chi connectivity index (χ1) is 10.4. The van der Waals surface area contributed by atoms with Crippen molar-refractivity contribution in [2.24, 2.45) is 5.92 Å². The number of likely N-dealkylation sites (tertiary alicyclic amines) is 1. The highest BCUT2D eigenvalue weighted by molar-refractivity contribution is 5.78. The number of fused-ring (bicyclic) bond motifs is 3. The largest absolute Gasteiger partial charge is 0.319 e. The highest BCUT2D eigenvalue weighted by atomic mass is 15.2. The van der Waals surface area contributed by atoms with Gasteiger partial charge in [0.2, 0.25) is 0 Å². The summed E-state index contributed by atoms with van der Waals surface area (Å²) < 4.78 is 0. The molecule has 1 N–H and O–H groups in total. The monoisotopic (exact) mass is 278 g/mol. The quantitative estimate of drug-likeness (QED) is 0.926. The third-order valence-corrected chi connectivity index (χ3v) is 4.98. The molecule has 1 saturated heterocycles. The summed E-state index contributed by atoms with van der Waals surface area (Å²) in [6.07, 6.45) is 1.31. The van der Waals surface area contributed by atoms with Crippen LogP contribution in [0.15, 0.2) is 48.5 Å². The van der Waals surface area contributed by atoms with E-state index in [2.05, 4.69) is 65.8 Å². The van der Waals surface area contributed by atoms with E-state index in [1.807, 2.05) is 0 Å². The lowest BCUT2D eigenvalue weighted by molar-refractivity contribution is 0.273. The number of hydrogen-bond acceptors (Lipinski definition) is 2. The molecule has 0 aromatic heterocycles. The molecule has 1 heterocycles. The Labute approximate surface area is 126 Å². The van der Waals surface area contributed by atoms with Gasteiger partial charge in [0.25, 0.3) is 0 Å². The normalized spacial score (nSPS) is 21.5. The molecule has 0 radical (unpaired) electrons. The van der Waals surface area contributed by atoms with Gasteiger partial charge in [0, 0.05) is 6.54 Å². The molecule has 0 amide bonds. The summed E-state index contributed by atoms with van der Waals surface area (Å²) in [5, 5.41) is 3.33. The molecule has 1 aliphatic carbocycles. The van der Waals surface area contributed by atoms with Crippen LogP contribution in [0.25, 0.3) is 11.1 Å². The van der Waals surface area contributed by atoms with Crippen molar-refractivity contribution in [2.75, 3.05) is 26.7 Å². The van der Waals surface area contributed by atoms with Gasteiger partial charge in [-0.05, 0) is 54.7 Å². The van der Waals surface area contributed by atoms with E-state index < -0.39 is 0 Å². The standard InChI is InChI=1S/C19H22N2/c1-20-12-14-10-11-21(13-14)19-17-8-4-2-6-15(17)16-7-3-5-9-18(16)19/h2-9,14,19-20H,10-13H2,1H3. The molecule has 108 valence electrons. The van der Waals surface area contributed by atoms with Crippen LogP contribution in [0.1, 0.15) is 23.6 Å². The van der Waals surface area contributed by atoms with E-state index >= 15 is 0 Å². The second kappa shape index (κ2) is 5.28. The Morgan fingerprint density at radius 2 is 1.62 bits per heavy atom. The second-order valence-corrected chi connectivity index (χ2v) is 6.28. The van der Waals surface area contributed by atoms with Gasteiger partial charge in [-0.25, -0.2) is 0 Å². The van der Waals surface area contributed by atoms with Crippen molar-refractivity contribution in [3.8, 4) is 11.1 Å². The third kappa shape index (κ3) is 2.10. The Kier molecular flexibility index (Phi) is 3.28. The zero-order valence-electron chi connectivity index (χ0n) is 12.5. The Hall–Kier alpha value is -1.64. The fourth-order valence-corrected chi connectivity index (χ4v) is 4.07. The van der Waals surface area contributed by atoms with Gasteiger partial charge in [0.1, 0.15) is 0 Å². The molecule has 2 heteroatoms. The highest BCUT2D eigenvalue weighted by Crippen LogP contribution is 2.47. The average molecular weight is 278 g/mol. The summed E-state index contributed by atoms with van der Waals surface area (Å²) in [6, 6.07) is 18.3. The van der Waals surface area contributed by atoms with Crippen LogP contribution >= 0.6 is 0 Å². The van der Waals surface area contributed by atoms with Gasteiger partial charge in [-0.2, -0.15) is 0 Å². The van der Waals surface area contributed by atoms with Crippen molar-refractivity contribution >= 4 is 0 Å². The van der Waals surface area contributed by atoms with Gasteiger partial charge in [0.05, 0.1) is 6.04 Å². The van der Waals surface area contributed by atoms with Crippen molar-refractivity contribution in [2.45, 2.75) is 12.5 Å². The van der Waals surface area contributed by atoms with Gasteiger partial charge in [-0.3, -0.25) is 4.90 Å². The number of nitrogens with zero attached hydrogens (tertiary/aromatic N) is 1. The molecule has 4 rings (SSSR count). The lowest BCUT2D eigenvalue weighted by Gasteiger charge is -2.26. The molecule has 1 atom stereocenters. The van der Waals surface area contributed by atoms with Crippen molar-refractivity contribution in [3.63, 3.8) is 0 Å².